The van der Waals surface area contributed by atoms with Crippen molar-refractivity contribution >= 4 is 5.91 Å². The van der Waals surface area contributed by atoms with E-state index in [4.69, 9.17) is 6.42 Å². The van der Waals surface area contributed by atoms with Gasteiger partial charge in [0.25, 0.3) is 0 Å². The Kier molecular flexibility index (Phi) is 4.41. The van der Waals surface area contributed by atoms with Crippen LogP contribution in [0.3, 0.4) is 0 Å². The minimum Gasteiger partial charge on any atom is -0.340 e. The van der Waals surface area contributed by atoms with Crippen molar-refractivity contribution in [3.05, 3.63) is 0 Å². The molecular formula is C13H21N3O. The molecule has 1 saturated carbocycles. The lowest BCUT2D eigenvalue weighted by Gasteiger charge is -2.33. The minimum atomic E-state index is 0.276. The van der Waals surface area contributed by atoms with Gasteiger partial charge in [0.2, 0.25) is 5.91 Å². The van der Waals surface area contributed by atoms with E-state index >= 15 is 0 Å². The van der Waals surface area contributed by atoms with Crippen LogP contribution >= 0.6 is 0 Å². The molecule has 0 aromatic carbocycles. The lowest BCUT2D eigenvalue weighted by molar-refractivity contribution is -0.132. The molecule has 4 heteroatoms. The number of piperazine rings is 1. The fraction of sp³-hybridized carbons (Fsp3) is 0.769. The monoisotopic (exact) mass is 235 g/mol. The number of terminal acetylenes is 1. The van der Waals surface area contributed by atoms with E-state index in [1.165, 1.54) is 12.8 Å². The van der Waals surface area contributed by atoms with Gasteiger partial charge in [0.15, 0.2) is 0 Å². The van der Waals surface area contributed by atoms with E-state index < -0.39 is 0 Å². The van der Waals surface area contributed by atoms with Crippen molar-refractivity contribution in [1.82, 2.24) is 15.1 Å². The molecule has 2 fully saturated rings. The molecule has 1 saturated heterocycles. The molecule has 0 aromatic heterocycles. The molecule has 2 rings (SSSR count). The van der Waals surface area contributed by atoms with Crippen LogP contribution < -0.4 is 5.32 Å². The van der Waals surface area contributed by atoms with Crippen molar-refractivity contribution < 1.29 is 4.79 Å². The number of carbonyl (C=O) groups is 1. The summed E-state index contributed by atoms with van der Waals surface area (Å²) in [4.78, 5) is 16.1. The first-order valence-corrected chi connectivity index (χ1v) is 6.46. The highest BCUT2D eigenvalue weighted by atomic mass is 16.2. The van der Waals surface area contributed by atoms with E-state index in [0.717, 1.165) is 32.7 Å². The summed E-state index contributed by atoms with van der Waals surface area (Å²) < 4.78 is 0. The predicted octanol–water partition coefficient (Wildman–Crippen LogP) is -0.0941. The topological polar surface area (TPSA) is 35.6 Å². The number of hydrogen-bond acceptors (Lipinski definition) is 3. The summed E-state index contributed by atoms with van der Waals surface area (Å²) in [5, 5.41) is 3.37. The molecule has 1 aliphatic carbocycles. The van der Waals surface area contributed by atoms with Gasteiger partial charge in [-0.25, -0.2) is 0 Å². The third-order valence-corrected chi connectivity index (χ3v) is 3.39. The van der Waals surface area contributed by atoms with Gasteiger partial charge >= 0.3 is 0 Å². The summed E-state index contributed by atoms with van der Waals surface area (Å²) in [5.74, 6) is 2.92. The Hall–Kier alpha value is -1.05. The molecule has 0 unspecified atom stereocenters. The molecular weight excluding hydrogens is 214 g/mol. The smallest absolute Gasteiger partial charge is 0.223 e. The van der Waals surface area contributed by atoms with Crippen LogP contribution in [0.5, 0.6) is 0 Å². The second kappa shape index (κ2) is 6.04. The number of nitrogens with zero attached hydrogens (tertiary/aromatic N) is 2. The highest BCUT2D eigenvalue weighted by molar-refractivity contribution is 5.76. The third kappa shape index (κ3) is 4.03. The Bertz CT molecular complexity index is 298. The fourth-order valence-corrected chi connectivity index (χ4v) is 2.11. The zero-order valence-electron chi connectivity index (χ0n) is 10.3. The standard InChI is InChI=1S/C13H21N3O/c1-2-7-15-8-10-16(11-9-15)13(17)5-6-14-12-3-4-12/h1,12,14H,3-11H2. The lowest BCUT2D eigenvalue weighted by Crippen LogP contribution is -2.49. The summed E-state index contributed by atoms with van der Waals surface area (Å²) in [7, 11) is 0. The first kappa shape index (κ1) is 12.4. The molecule has 0 atom stereocenters. The van der Waals surface area contributed by atoms with Gasteiger partial charge in [0.1, 0.15) is 0 Å². The van der Waals surface area contributed by atoms with Gasteiger partial charge < -0.3 is 10.2 Å². The van der Waals surface area contributed by atoms with Gasteiger partial charge in [0.05, 0.1) is 6.54 Å². The highest BCUT2D eigenvalue weighted by Gasteiger charge is 2.22. The molecule has 1 amide bonds. The first-order valence-electron chi connectivity index (χ1n) is 6.46. The maximum absolute atomic E-state index is 11.9. The SMILES string of the molecule is C#CCN1CCN(C(=O)CCNC2CC2)CC1. The summed E-state index contributed by atoms with van der Waals surface area (Å²) in [6, 6.07) is 0.690. The summed E-state index contributed by atoms with van der Waals surface area (Å²) in [6.45, 7) is 4.99. The van der Waals surface area contributed by atoms with Crippen LogP contribution in [0.4, 0.5) is 0 Å². The highest BCUT2D eigenvalue weighted by Crippen LogP contribution is 2.18. The minimum absolute atomic E-state index is 0.276. The molecule has 4 nitrogen and oxygen atoms in total. The van der Waals surface area contributed by atoms with Crippen molar-refractivity contribution in [2.75, 3.05) is 39.3 Å². The third-order valence-electron chi connectivity index (χ3n) is 3.39. The Morgan fingerprint density at radius 2 is 2.00 bits per heavy atom. The van der Waals surface area contributed by atoms with E-state index in [1.807, 2.05) is 4.90 Å². The number of amides is 1. The molecule has 0 bridgehead atoms. The van der Waals surface area contributed by atoms with E-state index in [0.29, 0.717) is 19.0 Å². The Labute approximate surface area is 103 Å². The normalized spacial score (nSPS) is 21.2. The van der Waals surface area contributed by atoms with Crippen molar-refractivity contribution in [3.8, 4) is 12.3 Å². The van der Waals surface area contributed by atoms with E-state index in [-0.39, 0.29) is 5.91 Å². The molecule has 1 heterocycles. The van der Waals surface area contributed by atoms with Crippen LogP contribution in [-0.2, 0) is 4.79 Å². The van der Waals surface area contributed by atoms with Gasteiger partial charge in [-0.05, 0) is 12.8 Å². The molecule has 0 spiro atoms. The zero-order valence-corrected chi connectivity index (χ0v) is 10.3. The summed E-state index contributed by atoms with van der Waals surface area (Å²) in [5.41, 5.74) is 0. The molecule has 0 aromatic rings. The quantitative estimate of drug-likeness (QED) is 0.676. The average molecular weight is 235 g/mol. The van der Waals surface area contributed by atoms with Crippen LogP contribution in [0, 0.1) is 12.3 Å². The molecule has 1 N–H and O–H groups in total. The number of nitrogens with one attached hydrogen (secondary N) is 1. The number of hydrogen-bond donors (Lipinski definition) is 1. The van der Waals surface area contributed by atoms with Crippen LogP contribution in [0.25, 0.3) is 0 Å². The molecule has 0 radical (unpaired) electrons. The van der Waals surface area contributed by atoms with Crippen molar-refractivity contribution in [1.29, 1.82) is 0 Å². The van der Waals surface area contributed by atoms with Crippen LogP contribution in [0.1, 0.15) is 19.3 Å². The Morgan fingerprint density at radius 3 is 2.59 bits per heavy atom. The van der Waals surface area contributed by atoms with Gasteiger partial charge in [-0.15, -0.1) is 6.42 Å². The molecule has 17 heavy (non-hydrogen) atoms. The van der Waals surface area contributed by atoms with Crippen LogP contribution in [-0.4, -0.2) is 61.0 Å². The van der Waals surface area contributed by atoms with Crippen LogP contribution in [0.15, 0.2) is 0 Å². The van der Waals surface area contributed by atoms with Gasteiger partial charge in [-0.3, -0.25) is 9.69 Å². The Morgan fingerprint density at radius 1 is 1.29 bits per heavy atom. The second-order valence-electron chi connectivity index (χ2n) is 4.84. The second-order valence-corrected chi connectivity index (χ2v) is 4.84. The number of rotatable bonds is 5. The maximum Gasteiger partial charge on any atom is 0.223 e. The molecule has 94 valence electrons. The van der Waals surface area contributed by atoms with Gasteiger partial charge in [-0.2, -0.15) is 0 Å². The zero-order chi connectivity index (χ0) is 12.1. The average Bonchev–Trinajstić information content (AvgIpc) is 3.14. The lowest BCUT2D eigenvalue weighted by atomic mass is 10.2. The van der Waals surface area contributed by atoms with Crippen LogP contribution in [0.2, 0.25) is 0 Å². The fourth-order valence-electron chi connectivity index (χ4n) is 2.11. The van der Waals surface area contributed by atoms with E-state index in [9.17, 15) is 4.79 Å². The summed E-state index contributed by atoms with van der Waals surface area (Å²) in [6.07, 6.45) is 8.46. The molecule has 2 aliphatic rings. The maximum atomic E-state index is 11.9. The van der Waals surface area contributed by atoms with Crippen molar-refractivity contribution in [2.24, 2.45) is 0 Å². The Balaban J connectivity index is 1.61. The molecule has 1 aliphatic heterocycles. The van der Waals surface area contributed by atoms with Crippen molar-refractivity contribution in [3.63, 3.8) is 0 Å². The number of carbonyl (C=O) groups excluding carboxylic acids is 1. The largest absolute Gasteiger partial charge is 0.340 e. The van der Waals surface area contributed by atoms with Crippen molar-refractivity contribution in [2.45, 2.75) is 25.3 Å². The predicted molar refractivity (Wildman–Crippen MR) is 67.5 cm³/mol. The van der Waals surface area contributed by atoms with Gasteiger partial charge in [0, 0.05) is 45.2 Å². The van der Waals surface area contributed by atoms with E-state index in [2.05, 4.69) is 16.1 Å². The van der Waals surface area contributed by atoms with Gasteiger partial charge in [-0.1, -0.05) is 5.92 Å². The first-order chi connectivity index (χ1) is 8.29. The summed E-state index contributed by atoms with van der Waals surface area (Å²) >= 11 is 0. The van der Waals surface area contributed by atoms with E-state index in [1.54, 1.807) is 0 Å².